The van der Waals surface area contributed by atoms with Crippen LogP contribution in [0.15, 0.2) is 143 Å². The van der Waals surface area contributed by atoms with Crippen LogP contribution in [0.25, 0.3) is 0 Å². The Morgan fingerprint density at radius 3 is 1.07 bits per heavy atom. The molecule has 0 amide bonds. The highest BCUT2D eigenvalue weighted by Gasteiger charge is 2.01. The van der Waals surface area contributed by atoms with Gasteiger partial charge in [0, 0.05) is 63.0 Å². The highest BCUT2D eigenvalue weighted by molar-refractivity contribution is 5.55. The normalized spacial score (nSPS) is 11.0. The van der Waals surface area contributed by atoms with E-state index in [-0.39, 0.29) is 0 Å². The Morgan fingerprint density at radius 1 is 0.500 bits per heavy atom. The maximum Gasteiger partial charge on any atom is 0.0858 e. The summed E-state index contributed by atoms with van der Waals surface area (Å²) in [5.41, 5.74) is 7.52. The van der Waals surface area contributed by atoms with Crippen molar-refractivity contribution in [2.75, 3.05) is 60.7 Å². The van der Waals surface area contributed by atoms with Crippen LogP contribution in [0.2, 0.25) is 0 Å². The van der Waals surface area contributed by atoms with E-state index in [2.05, 4.69) is 54.0 Å². The molecule has 8 nitrogen and oxygen atoms in total. The van der Waals surface area contributed by atoms with Gasteiger partial charge in [-0.15, -0.1) is 13.2 Å². The molecule has 42 heavy (non-hydrogen) atoms. The summed E-state index contributed by atoms with van der Waals surface area (Å²) in [6.07, 6.45) is 3.76. The van der Waals surface area contributed by atoms with Crippen molar-refractivity contribution in [1.29, 1.82) is 0 Å². The Morgan fingerprint density at radius 2 is 0.786 bits per heavy atom. The van der Waals surface area contributed by atoms with Crippen molar-refractivity contribution in [2.24, 2.45) is 20.5 Å². The Balaban J connectivity index is 1.18. The van der Waals surface area contributed by atoms with E-state index < -0.39 is 0 Å². The number of anilines is 4. The quantitative estimate of drug-likeness (QED) is 0.0865. The molecule has 2 N–H and O–H groups in total. The number of nitrogens with zero attached hydrogens (tertiary/aromatic N) is 6. The van der Waals surface area contributed by atoms with Gasteiger partial charge in [0.1, 0.15) is 0 Å². The SMILES string of the molecule is C=CCN(C)c1ccc(/N=N/c2ccc(NCCNc3ccc(/N=N/c4ccc(N(C)CC=C)cc4)cc3)cc2)cc1. The minimum atomic E-state index is 0.771. The zero-order valence-corrected chi connectivity index (χ0v) is 24.3. The fourth-order valence-electron chi connectivity index (χ4n) is 4.08. The molecule has 0 aliphatic heterocycles. The summed E-state index contributed by atoms with van der Waals surface area (Å²) < 4.78 is 0. The van der Waals surface area contributed by atoms with E-state index in [9.17, 15) is 0 Å². The highest BCUT2D eigenvalue weighted by Crippen LogP contribution is 2.24. The van der Waals surface area contributed by atoms with Gasteiger partial charge in [0.25, 0.3) is 0 Å². The van der Waals surface area contributed by atoms with Crippen LogP contribution >= 0.6 is 0 Å². The summed E-state index contributed by atoms with van der Waals surface area (Å²) in [5, 5.41) is 24.2. The molecule has 0 saturated heterocycles. The number of azo groups is 2. The maximum atomic E-state index is 4.35. The standard InChI is InChI=1S/C34H38N8/c1-5-25-41(3)33-19-15-31(16-20-33)39-37-29-11-7-27(8-12-29)35-23-24-36-28-9-13-30(14-10-28)38-40-32-17-21-34(22-18-32)42(4)26-6-2/h5-22,35-36H,1-2,23-26H2,3-4H3/b39-37+,40-38+. The first kappa shape index (κ1) is 29.7. The summed E-state index contributed by atoms with van der Waals surface area (Å²) >= 11 is 0. The van der Waals surface area contributed by atoms with Crippen LogP contribution in [0.1, 0.15) is 0 Å². The first-order chi connectivity index (χ1) is 20.5. The third-order valence-electron chi connectivity index (χ3n) is 6.47. The average Bonchev–Trinajstić information content (AvgIpc) is 3.03. The van der Waals surface area contributed by atoms with Crippen molar-refractivity contribution in [2.45, 2.75) is 0 Å². The minimum Gasteiger partial charge on any atom is -0.383 e. The van der Waals surface area contributed by atoms with E-state index in [1.165, 1.54) is 0 Å². The molecular formula is C34H38N8. The number of rotatable bonds is 15. The molecule has 0 unspecified atom stereocenters. The predicted octanol–water partition coefficient (Wildman–Crippen LogP) is 9.29. The fraction of sp³-hybridized carbons (Fsp3) is 0.176. The van der Waals surface area contributed by atoms with Gasteiger partial charge in [-0.2, -0.15) is 20.5 Å². The summed E-state index contributed by atoms with van der Waals surface area (Å²) in [6.45, 7) is 10.7. The molecule has 0 radical (unpaired) electrons. The summed E-state index contributed by atoms with van der Waals surface area (Å²) in [4.78, 5) is 4.23. The van der Waals surface area contributed by atoms with E-state index >= 15 is 0 Å². The number of benzene rings is 4. The molecule has 8 heteroatoms. The number of likely N-dealkylation sites (N-methyl/N-ethyl adjacent to an activating group) is 2. The van der Waals surface area contributed by atoms with Gasteiger partial charge in [0.05, 0.1) is 22.7 Å². The molecule has 0 spiro atoms. The number of nitrogens with one attached hydrogen (secondary N) is 2. The third-order valence-corrected chi connectivity index (χ3v) is 6.47. The lowest BCUT2D eigenvalue weighted by atomic mass is 10.2. The van der Waals surface area contributed by atoms with Crippen molar-refractivity contribution < 1.29 is 0 Å². The summed E-state index contributed by atoms with van der Waals surface area (Å²) in [5.74, 6) is 0. The third kappa shape index (κ3) is 9.16. The highest BCUT2D eigenvalue weighted by atomic mass is 15.1. The maximum absolute atomic E-state index is 4.35. The number of hydrogen-bond donors (Lipinski definition) is 2. The molecule has 0 atom stereocenters. The molecule has 4 aromatic carbocycles. The van der Waals surface area contributed by atoms with Crippen LogP contribution in [0.4, 0.5) is 45.5 Å². The molecule has 214 valence electrons. The van der Waals surface area contributed by atoms with Crippen LogP contribution in [-0.2, 0) is 0 Å². The monoisotopic (exact) mass is 558 g/mol. The molecule has 4 aromatic rings. The molecular weight excluding hydrogens is 520 g/mol. The van der Waals surface area contributed by atoms with E-state index in [4.69, 9.17) is 0 Å². The van der Waals surface area contributed by atoms with Gasteiger partial charge >= 0.3 is 0 Å². The van der Waals surface area contributed by atoms with Gasteiger partial charge < -0.3 is 20.4 Å². The van der Waals surface area contributed by atoms with E-state index in [0.717, 1.165) is 71.7 Å². The van der Waals surface area contributed by atoms with Crippen LogP contribution in [0.3, 0.4) is 0 Å². The largest absolute Gasteiger partial charge is 0.383 e. The molecule has 0 aliphatic rings. The zero-order chi connectivity index (χ0) is 29.6. The minimum absolute atomic E-state index is 0.771. The first-order valence-electron chi connectivity index (χ1n) is 13.9. The molecule has 0 aromatic heterocycles. The van der Waals surface area contributed by atoms with Crippen molar-refractivity contribution >= 4 is 45.5 Å². The van der Waals surface area contributed by atoms with E-state index in [0.29, 0.717) is 0 Å². The molecule has 4 rings (SSSR count). The summed E-state index contributed by atoms with van der Waals surface area (Å²) in [6, 6.07) is 31.8. The number of hydrogen-bond acceptors (Lipinski definition) is 8. The van der Waals surface area contributed by atoms with Gasteiger partial charge in [0.15, 0.2) is 0 Å². The molecule has 0 bridgehead atoms. The Bertz CT molecular complexity index is 1340. The van der Waals surface area contributed by atoms with Crippen LogP contribution in [0.5, 0.6) is 0 Å². The molecule has 0 aliphatic carbocycles. The molecule has 0 heterocycles. The van der Waals surface area contributed by atoms with Crippen molar-refractivity contribution in [1.82, 2.24) is 0 Å². The lowest BCUT2D eigenvalue weighted by Gasteiger charge is -2.16. The fourth-order valence-corrected chi connectivity index (χ4v) is 4.08. The van der Waals surface area contributed by atoms with Crippen molar-refractivity contribution in [3.63, 3.8) is 0 Å². The summed E-state index contributed by atoms with van der Waals surface area (Å²) in [7, 11) is 4.06. The smallest absolute Gasteiger partial charge is 0.0858 e. The van der Waals surface area contributed by atoms with Gasteiger partial charge in [-0.1, -0.05) is 12.2 Å². The second-order valence-electron chi connectivity index (χ2n) is 9.72. The topological polar surface area (TPSA) is 80.0 Å². The van der Waals surface area contributed by atoms with Crippen LogP contribution in [-0.4, -0.2) is 40.3 Å². The molecule has 0 fully saturated rings. The van der Waals surface area contributed by atoms with Crippen molar-refractivity contribution in [3.05, 3.63) is 122 Å². The van der Waals surface area contributed by atoms with Gasteiger partial charge in [0.2, 0.25) is 0 Å². The van der Waals surface area contributed by atoms with Gasteiger partial charge in [-0.3, -0.25) is 0 Å². The Hall–Kier alpha value is -5.24. The first-order valence-corrected chi connectivity index (χ1v) is 13.9. The van der Waals surface area contributed by atoms with Gasteiger partial charge in [-0.05, 0) is 97.1 Å². The van der Waals surface area contributed by atoms with Crippen LogP contribution < -0.4 is 20.4 Å². The zero-order valence-electron chi connectivity index (χ0n) is 24.3. The Labute approximate surface area is 248 Å². The van der Waals surface area contributed by atoms with Crippen molar-refractivity contribution in [3.8, 4) is 0 Å². The lowest BCUT2D eigenvalue weighted by molar-refractivity contribution is 1.03. The second kappa shape index (κ2) is 15.5. The lowest BCUT2D eigenvalue weighted by Crippen LogP contribution is -2.15. The Kier molecular flexibility index (Phi) is 11.0. The van der Waals surface area contributed by atoms with E-state index in [1.54, 1.807) is 0 Å². The second-order valence-corrected chi connectivity index (χ2v) is 9.72. The van der Waals surface area contributed by atoms with Gasteiger partial charge in [-0.25, -0.2) is 0 Å². The molecule has 0 saturated carbocycles. The van der Waals surface area contributed by atoms with Crippen LogP contribution in [0, 0.1) is 0 Å². The average molecular weight is 559 g/mol. The predicted molar refractivity (Wildman–Crippen MR) is 178 cm³/mol. The van der Waals surface area contributed by atoms with E-state index in [1.807, 2.05) is 123 Å².